The Morgan fingerprint density at radius 1 is 0.958 bits per heavy atom. The summed E-state index contributed by atoms with van der Waals surface area (Å²) in [5.74, 6) is -0.353. The highest BCUT2D eigenvalue weighted by atomic mass is 35.5. The van der Waals surface area contributed by atoms with E-state index in [4.69, 9.17) is 11.6 Å². The van der Waals surface area contributed by atoms with Crippen LogP contribution in [0.1, 0.15) is 10.4 Å². The minimum atomic E-state index is -3.38. The van der Waals surface area contributed by atoms with Gasteiger partial charge < -0.3 is 5.32 Å². The van der Waals surface area contributed by atoms with E-state index >= 15 is 0 Å². The Hall–Kier alpha value is -2.37. The summed E-state index contributed by atoms with van der Waals surface area (Å²) in [5.41, 5.74) is 0.729. The number of sulfone groups is 1. The molecular formula is C18H14ClNO3S. The van der Waals surface area contributed by atoms with Crippen LogP contribution in [-0.2, 0) is 9.84 Å². The fraction of sp³-hybridized carbons (Fsp3) is 0.0556. The van der Waals surface area contributed by atoms with Crippen LogP contribution in [0.25, 0.3) is 10.8 Å². The lowest BCUT2D eigenvalue weighted by molar-refractivity contribution is 0.102. The van der Waals surface area contributed by atoms with Gasteiger partial charge in [0.15, 0.2) is 9.84 Å². The number of nitrogens with one attached hydrogen (secondary N) is 1. The maximum absolute atomic E-state index is 12.5. The van der Waals surface area contributed by atoms with Gasteiger partial charge in [-0.15, -0.1) is 0 Å². The zero-order valence-electron chi connectivity index (χ0n) is 12.8. The molecule has 0 aromatic heterocycles. The van der Waals surface area contributed by atoms with Crippen molar-refractivity contribution >= 4 is 43.8 Å². The Morgan fingerprint density at radius 3 is 2.38 bits per heavy atom. The highest BCUT2D eigenvalue weighted by molar-refractivity contribution is 7.90. The number of carbonyl (C=O) groups is 1. The molecule has 0 heterocycles. The van der Waals surface area contributed by atoms with E-state index in [2.05, 4.69) is 5.32 Å². The van der Waals surface area contributed by atoms with Gasteiger partial charge in [-0.25, -0.2) is 8.42 Å². The molecule has 0 fully saturated rings. The highest BCUT2D eigenvalue weighted by Crippen LogP contribution is 2.26. The van der Waals surface area contributed by atoms with Crippen molar-refractivity contribution in [3.8, 4) is 0 Å². The standard InChI is InChI=1S/C18H14ClNO3S/c1-24(22,23)15-8-9-16(19)17(11-15)20-18(21)14-7-6-12-4-2-3-5-13(12)10-14/h2-11H,1H3,(H,20,21). The number of fused-ring (bicyclic) bond motifs is 1. The first-order chi connectivity index (χ1) is 11.3. The van der Waals surface area contributed by atoms with Crippen LogP contribution in [0.2, 0.25) is 5.02 Å². The molecule has 122 valence electrons. The van der Waals surface area contributed by atoms with Crippen molar-refractivity contribution in [1.29, 1.82) is 0 Å². The monoisotopic (exact) mass is 359 g/mol. The van der Waals surface area contributed by atoms with Crippen LogP contribution in [0.3, 0.4) is 0 Å². The van der Waals surface area contributed by atoms with Crippen LogP contribution in [0.5, 0.6) is 0 Å². The average molecular weight is 360 g/mol. The zero-order valence-corrected chi connectivity index (χ0v) is 14.4. The van der Waals surface area contributed by atoms with Crippen LogP contribution < -0.4 is 5.32 Å². The van der Waals surface area contributed by atoms with Gasteiger partial charge in [-0.05, 0) is 41.1 Å². The van der Waals surface area contributed by atoms with Crippen LogP contribution >= 0.6 is 11.6 Å². The topological polar surface area (TPSA) is 63.2 Å². The summed E-state index contributed by atoms with van der Waals surface area (Å²) in [4.78, 5) is 12.5. The Labute approximate surface area is 145 Å². The number of carbonyl (C=O) groups excluding carboxylic acids is 1. The van der Waals surface area contributed by atoms with Crippen LogP contribution in [0.15, 0.2) is 65.6 Å². The molecule has 3 aromatic rings. The summed E-state index contributed by atoms with van der Waals surface area (Å²) in [6.07, 6.45) is 1.10. The number of rotatable bonds is 3. The second-order valence-corrected chi connectivity index (χ2v) is 7.85. The van der Waals surface area contributed by atoms with Gasteiger partial charge in [0.1, 0.15) is 0 Å². The van der Waals surface area contributed by atoms with Crippen LogP contribution in [-0.4, -0.2) is 20.6 Å². The molecule has 0 bridgehead atoms. The third kappa shape index (κ3) is 3.42. The van der Waals surface area contributed by atoms with Crippen molar-refractivity contribution in [2.75, 3.05) is 11.6 Å². The van der Waals surface area contributed by atoms with E-state index in [-0.39, 0.29) is 21.5 Å². The minimum absolute atomic E-state index is 0.0979. The van der Waals surface area contributed by atoms with E-state index in [0.29, 0.717) is 5.56 Å². The predicted molar refractivity (Wildman–Crippen MR) is 96.5 cm³/mol. The van der Waals surface area contributed by atoms with Crippen molar-refractivity contribution < 1.29 is 13.2 Å². The normalized spacial score (nSPS) is 11.4. The number of hydrogen-bond acceptors (Lipinski definition) is 3. The summed E-state index contributed by atoms with van der Waals surface area (Å²) in [6.45, 7) is 0. The van der Waals surface area contributed by atoms with E-state index in [1.165, 1.54) is 18.2 Å². The number of benzene rings is 3. The first-order valence-corrected chi connectivity index (χ1v) is 9.41. The minimum Gasteiger partial charge on any atom is -0.321 e. The molecular weight excluding hydrogens is 346 g/mol. The van der Waals surface area contributed by atoms with Gasteiger partial charge in [-0.1, -0.05) is 41.9 Å². The van der Waals surface area contributed by atoms with Crippen molar-refractivity contribution in [2.45, 2.75) is 4.90 Å². The third-order valence-electron chi connectivity index (χ3n) is 3.63. The molecule has 0 saturated carbocycles. The summed E-state index contributed by atoms with van der Waals surface area (Å²) in [5, 5.41) is 4.92. The van der Waals surface area contributed by atoms with E-state index in [1.807, 2.05) is 30.3 Å². The molecule has 0 radical (unpaired) electrons. The Morgan fingerprint density at radius 2 is 1.67 bits per heavy atom. The van der Waals surface area contributed by atoms with Gasteiger partial charge in [-0.2, -0.15) is 0 Å². The van der Waals surface area contributed by atoms with Crippen molar-refractivity contribution in [3.05, 3.63) is 71.2 Å². The molecule has 1 amide bonds. The van der Waals surface area contributed by atoms with Gasteiger partial charge in [0.05, 0.1) is 15.6 Å². The Kier molecular flexibility index (Phi) is 4.30. The molecule has 3 rings (SSSR count). The van der Waals surface area contributed by atoms with Crippen molar-refractivity contribution in [1.82, 2.24) is 0 Å². The molecule has 0 saturated heterocycles. The fourth-order valence-corrected chi connectivity index (χ4v) is 3.17. The zero-order chi connectivity index (χ0) is 17.3. The third-order valence-corrected chi connectivity index (χ3v) is 5.07. The second kappa shape index (κ2) is 6.26. The fourth-order valence-electron chi connectivity index (χ4n) is 2.36. The molecule has 24 heavy (non-hydrogen) atoms. The van der Waals surface area contributed by atoms with Gasteiger partial charge in [0, 0.05) is 11.8 Å². The largest absolute Gasteiger partial charge is 0.321 e. The van der Waals surface area contributed by atoms with E-state index in [9.17, 15) is 13.2 Å². The quantitative estimate of drug-likeness (QED) is 0.764. The smallest absolute Gasteiger partial charge is 0.255 e. The van der Waals surface area contributed by atoms with E-state index in [0.717, 1.165) is 17.0 Å². The maximum atomic E-state index is 12.5. The molecule has 0 aliphatic rings. The van der Waals surface area contributed by atoms with E-state index in [1.54, 1.807) is 12.1 Å². The molecule has 0 unspecified atom stereocenters. The summed E-state index contributed by atoms with van der Waals surface area (Å²) in [7, 11) is -3.38. The number of amides is 1. The predicted octanol–water partition coefficient (Wildman–Crippen LogP) is 4.15. The lowest BCUT2D eigenvalue weighted by atomic mass is 10.1. The lowest BCUT2D eigenvalue weighted by Crippen LogP contribution is -2.12. The first kappa shape index (κ1) is 16.5. The molecule has 0 aliphatic carbocycles. The summed E-state index contributed by atoms with van der Waals surface area (Å²) in [6, 6.07) is 17.3. The van der Waals surface area contributed by atoms with Crippen molar-refractivity contribution in [2.24, 2.45) is 0 Å². The highest BCUT2D eigenvalue weighted by Gasteiger charge is 2.13. The Balaban J connectivity index is 1.93. The molecule has 0 spiro atoms. The number of hydrogen-bond donors (Lipinski definition) is 1. The maximum Gasteiger partial charge on any atom is 0.255 e. The van der Waals surface area contributed by atoms with Gasteiger partial charge in [-0.3, -0.25) is 4.79 Å². The first-order valence-electron chi connectivity index (χ1n) is 7.14. The number of anilines is 1. The van der Waals surface area contributed by atoms with Gasteiger partial charge in [0.25, 0.3) is 5.91 Å². The van der Waals surface area contributed by atoms with Crippen LogP contribution in [0.4, 0.5) is 5.69 Å². The molecule has 1 N–H and O–H groups in total. The molecule has 6 heteroatoms. The van der Waals surface area contributed by atoms with Crippen molar-refractivity contribution in [3.63, 3.8) is 0 Å². The molecule has 4 nitrogen and oxygen atoms in total. The SMILES string of the molecule is CS(=O)(=O)c1ccc(Cl)c(NC(=O)c2ccc3ccccc3c2)c1. The van der Waals surface area contributed by atoms with Gasteiger partial charge >= 0.3 is 0 Å². The molecule has 0 atom stereocenters. The van der Waals surface area contributed by atoms with Crippen LogP contribution in [0, 0.1) is 0 Å². The number of halogens is 1. The molecule has 3 aromatic carbocycles. The summed E-state index contributed by atoms with van der Waals surface area (Å²) < 4.78 is 23.3. The Bertz CT molecular complexity index is 1050. The molecule has 0 aliphatic heterocycles. The van der Waals surface area contributed by atoms with Gasteiger partial charge in [0.2, 0.25) is 0 Å². The lowest BCUT2D eigenvalue weighted by Gasteiger charge is -2.09. The van der Waals surface area contributed by atoms with E-state index < -0.39 is 9.84 Å². The average Bonchev–Trinajstić information content (AvgIpc) is 2.55. The summed E-state index contributed by atoms with van der Waals surface area (Å²) >= 11 is 6.06. The second-order valence-electron chi connectivity index (χ2n) is 5.43.